The van der Waals surface area contributed by atoms with Gasteiger partial charge in [0.15, 0.2) is 6.10 Å². The molecule has 4 aliphatic carbocycles. The van der Waals surface area contributed by atoms with Crippen LogP contribution in [0.25, 0.3) is 0 Å². The van der Waals surface area contributed by atoms with E-state index in [0.29, 0.717) is 41.4 Å². The van der Waals surface area contributed by atoms with E-state index in [1.165, 1.54) is 19.3 Å². The Labute approximate surface area is 194 Å². The van der Waals surface area contributed by atoms with Crippen LogP contribution < -0.4 is 5.32 Å². The first kappa shape index (κ1) is 21.7. The van der Waals surface area contributed by atoms with Crippen LogP contribution in [0.3, 0.4) is 0 Å². The second-order valence-corrected chi connectivity index (χ2v) is 10.8. The number of ether oxygens (including phenoxy) is 1. The summed E-state index contributed by atoms with van der Waals surface area (Å²) in [4.78, 5) is 41.0. The van der Waals surface area contributed by atoms with Crippen molar-refractivity contribution in [2.75, 3.05) is 11.9 Å². The predicted octanol–water partition coefficient (Wildman–Crippen LogP) is 4.42. The number of nitrogens with one attached hydrogen (secondary N) is 1. The number of amides is 2. The van der Waals surface area contributed by atoms with Gasteiger partial charge in [-0.05, 0) is 88.2 Å². The lowest BCUT2D eigenvalue weighted by Gasteiger charge is -2.56. The van der Waals surface area contributed by atoms with Crippen molar-refractivity contribution in [3.8, 4) is 0 Å². The van der Waals surface area contributed by atoms with Crippen LogP contribution in [0.5, 0.6) is 0 Å². The van der Waals surface area contributed by atoms with Crippen molar-refractivity contribution in [2.45, 2.75) is 70.4 Å². The molecule has 1 aromatic carbocycles. The van der Waals surface area contributed by atoms with E-state index in [9.17, 15) is 14.4 Å². The first-order valence-electron chi connectivity index (χ1n) is 11.9. The van der Waals surface area contributed by atoms with E-state index >= 15 is 0 Å². The molecule has 5 aliphatic rings. The largest absolute Gasteiger partial charge is 0.451 e. The highest BCUT2D eigenvalue weighted by atomic mass is 35.5. The SMILES string of the molecule is CC(OC(=O)C1CCCN1C(=O)C12CC3CC(CC(C3)C1)C2)C(=O)Nc1ccccc1Cl. The van der Waals surface area contributed by atoms with Gasteiger partial charge < -0.3 is 15.0 Å². The number of hydrogen-bond acceptors (Lipinski definition) is 4. The monoisotopic (exact) mass is 458 g/mol. The molecule has 1 N–H and O–H groups in total. The lowest BCUT2D eigenvalue weighted by molar-refractivity contribution is -0.168. The van der Waals surface area contributed by atoms with E-state index in [1.54, 1.807) is 36.1 Å². The molecule has 0 spiro atoms. The Kier molecular flexibility index (Phi) is 5.68. The minimum Gasteiger partial charge on any atom is -0.451 e. The summed E-state index contributed by atoms with van der Waals surface area (Å²) in [5.41, 5.74) is 0.201. The second kappa shape index (κ2) is 8.36. The van der Waals surface area contributed by atoms with Gasteiger partial charge in [0.1, 0.15) is 6.04 Å². The van der Waals surface area contributed by atoms with Crippen LogP contribution in [0.2, 0.25) is 5.02 Å². The maximum Gasteiger partial charge on any atom is 0.329 e. The molecule has 1 heterocycles. The van der Waals surface area contributed by atoms with Crippen molar-refractivity contribution in [2.24, 2.45) is 23.2 Å². The Hall–Kier alpha value is -2.08. The van der Waals surface area contributed by atoms with Crippen LogP contribution in [0.15, 0.2) is 24.3 Å². The van der Waals surface area contributed by atoms with Gasteiger partial charge in [-0.15, -0.1) is 0 Å². The zero-order valence-corrected chi connectivity index (χ0v) is 19.3. The molecule has 0 radical (unpaired) electrons. The fourth-order valence-electron chi connectivity index (χ4n) is 7.04. The van der Waals surface area contributed by atoms with E-state index in [4.69, 9.17) is 16.3 Å². The molecular weight excluding hydrogens is 428 g/mol. The van der Waals surface area contributed by atoms with E-state index < -0.39 is 24.0 Å². The average molecular weight is 459 g/mol. The van der Waals surface area contributed by atoms with Gasteiger partial charge in [0.2, 0.25) is 5.91 Å². The molecule has 2 atom stereocenters. The Morgan fingerprint density at radius 3 is 2.34 bits per heavy atom. The van der Waals surface area contributed by atoms with Crippen molar-refractivity contribution >= 4 is 35.1 Å². The van der Waals surface area contributed by atoms with Crippen molar-refractivity contribution in [3.05, 3.63) is 29.3 Å². The number of anilines is 1. The highest BCUT2D eigenvalue weighted by Gasteiger charge is 2.57. The van der Waals surface area contributed by atoms with E-state index in [2.05, 4.69) is 5.32 Å². The van der Waals surface area contributed by atoms with Crippen LogP contribution in [-0.2, 0) is 19.1 Å². The van der Waals surface area contributed by atoms with Crippen LogP contribution in [0.4, 0.5) is 5.69 Å². The summed E-state index contributed by atoms with van der Waals surface area (Å²) in [6.45, 7) is 2.14. The van der Waals surface area contributed by atoms with Crippen molar-refractivity contribution in [3.63, 3.8) is 0 Å². The van der Waals surface area contributed by atoms with Gasteiger partial charge in [-0.2, -0.15) is 0 Å². The molecule has 2 amide bonds. The van der Waals surface area contributed by atoms with Gasteiger partial charge in [0.25, 0.3) is 5.91 Å². The Morgan fingerprint density at radius 2 is 1.72 bits per heavy atom. The zero-order chi connectivity index (χ0) is 22.5. The van der Waals surface area contributed by atoms with Crippen molar-refractivity contribution < 1.29 is 19.1 Å². The molecule has 32 heavy (non-hydrogen) atoms. The quantitative estimate of drug-likeness (QED) is 0.663. The molecule has 5 fully saturated rings. The summed E-state index contributed by atoms with van der Waals surface area (Å²) >= 11 is 6.10. The van der Waals surface area contributed by atoms with Crippen molar-refractivity contribution in [1.82, 2.24) is 4.90 Å². The second-order valence-electron chi connectivity index (χ2n) is 10.4. The third-order valence-electron chi connectivity index (χ3n) is 8.07. The number of halogens is 1. The third-order valence-corrected chi connectivity index (χ3v) is 8.40. The molecule has 0 aromatic heterocycles. The smallest absolute Gasteiger partial charge is 0.329 e. The topological polar surface area (TPSA) is 75.7 Å². The van der Waals surface area contributed by atoms with Gasteiger partial charge in [-0.25, -0.2) is 4.79 Å². The van der Waals surface area contributed by atoms with E-state index in [1.807, 2.05) is 0 Å². The summed E-state index contributed by atoms with van der Waals surface area (Å²) < 4.78 is 5.52. The Balaban J connectivity index is 1.23. The Morgan fingerprint density at radius 1 is 1.09 bits per heavy atom. The summed E-state index contributed by atoms with van der Waals surface area (Å²) in [5.74, 6) is 1.25. The molecule has 1 aromatic rings. The number of carbonyl (C=O) groups is 3. The molecule has 1 saturated heterocycles. The number of carbonyl (C=O) groups excluding carboxylic acids is 3. The zero-order valence-electron chi connectivity index (χ0n) is 18.5. The molecule has 7 heteroatoms. The number of hydrogen-bond donors (Lipinski definition) is 1. The lowest BCUT2D eigenvalue weighted by Crippen LogP contribution is -2.56. The number of nitrogens with zero attached hydrogens (tertiary/aromatic N) is 1. The molecule has 172 valence electrons. The fraction of sp³-hybridized carbons (Fsp3) is 0.640. The molecular formula is C25H31ClN2O4. The summed E-state index contributed by atoms with van der Waals surface area (Å²) in [6, 6.07) is 6.32. The molecule has 4 bridgehead atoms. The number of rotatable bonds is 5. The minimum absolute atomic E-state index is 0.157. The fourth-order valence-corrected chi connectivity index (χ4v) is 7.22. The van der Waals surface area contributed by atoms with Crippen LogP contribution in [0, 0.1) is 23.2 Å². The number of likely N-dealkylation sites (tertiary alicyclic amines) is 1. The summed E-state index contributed by atoms with van der Waals surface area (Å²) in [7, 11) is 0. The Bertz CT molecular complexity index is 897. The first-order chi connectivity index (χ1) is 15.3. The van der Waals surface area contributed by atoms with E-state index in [0.717, 1.165) is 25.7 Å². The summed E-state index contributed by atoms with van der Waals surface area (Å²) in [5, 5.41) is 3.12. The standard InChI is InChI=1S/C25H31ClN2O4/c1-15(22(29)27-20-6-3-2-5-19(20)26)32-23(30)21-7-4-8-28(21)24(31)25-12-16-9-17(13-25)11-18(10-16)14-25/h2-3,5-6,15-18,21H,4,7-14H2,1H3,(H,27,29). The number of benzene rings is 1. The number of para-hydroxylation sites is 1. The average Bonchev–Trinajstić information content (AvgIpc) is 3.23. The van der Waals surface area contributed by atoms with Gasteiger partial charge in [0, 0.05) is 6.54 Å². The van der Waals surface area contributed by atoms with Crippen LogP contribution >= 0.6 is 11.6 Å². The molecule has 2 unspecified atom stereocenters. The molecule has 1 aliphatic heterocycles. The lowest BCUT2D eigenvalue weighted by atomic mass is 9.49. The first-order valence-corrected chi connectivity index (χ1v) is 12.3. The third kappa shape index (κ3) is 3.91. The summed E-state index contributed by atoms with van der Waals surface area (Å²) in [6.07, 6.45) is 7.17. The molecule has 6 nitrogen and oxygen atoms in total. The maximum absolute atomic E-state index is 13.7. The van der Waals surface area contributed by atoms with E-state index in [-0.39, 0.29) is 11.3 Å². The molecule has 4 saturated carbocycles. The maximum atomic E-state index is 13.7. The highest BCUT2D eigenvalue weighted by molar-refractivity contribution is 6.33. The van der Waals surface area contributed by atoms with Crippen LogP contribution in [-0.4, -0.2) is 41.4 Å². The predicted molar refractivity (Wildman–Crippen MR) is 121 cm³/mol. The minimum atomic E-state index is -0.976. The van der Waals surface area contributed by atoms with Crippen molar-refractivity contribution in [1.29, 1.82) is 0 Å². The van der Waals surface area contributed by atoms with Gasteiger partial charge in [-0.1, -0.05) is 23.7 Å². The van der Waals surface area contributed by atoms with Crippen LogP contribution in [0.1, 0.15) is 58.3 Å². The normalized spacial score (nSPS) is 33.8. The molecule has 6 rings (SSSR count). The number of esters is 1. The highest BCUT2D eigenvalue weighted by Crippen LogP contribution is 2.60. The van der Waals surface area contributed by atoms with Gasteiger partial charge in [-0.3, -0.25) is 9.59 Å². The van der Waals surface area contributed by atoms with Gasteiger partial charge in [0.05, 0.1) is 16.1 Å². The van der Waals surface area contributed by atoms with Gasteiger partial charge >= 0.3 is 5.97 Å².